The molecule has 0 spiro atoms. The van der Waals surface area contributed by atoms with Crippen molar-refractivity contribution in [1.29, 1.82) is 0 Å². The minimum absolute atomic E-state index is 0. The van der Waals surface area contributed by atoms with Crippen LogP contribution < -0.4 is 10.2 Å². The van der Waals surface area contributed by atoms with E-state index >= 15 is 0 Å². The molecule has 11 heteroatoms. The molecule has 0 unspecified atom stereocenters. The van der Waals surface area contributed by atoms with Crippen molar-refractivity contribution in [3.05, 3.63) is 70.8 Å². The van der Waals surface area contributed by atoms with Crippen molar-refractivity contribution in [3.63, 3.8) is 0 Å². The third-order valence-electron chi connectivity index (χ3n) is 4.30. The van der Waals surface area contributed by atoms with Crippen LogP contribution in [0.15, 0.2) is 48.5 Å². The van der Waals surface area contributed by atoms with Gasteiger partial charge in [0.25, 0.3) is 0 Å². The van der Waals surface area contributed by atoms with Crippen molar-refractivity contribution >= 4 is 51.2 Å². The fourth-order valence-corrected chi connectivity index (χ4v) is 2.59. The molecule has 0 amide bonds. The van der Waals surface area contributed by atoms with Crippen LogP contribution in [0.1, 0.15) is 67.1 Å². The Bertz CT molecular complexity index is 883. The summed E-state index contributed by atoms with van der Waals surface area (Å²) in [5, 5.41) is 38.6. The van der Waals surface area contributed by atoms with E-state index in [2.05, 4.69) is 0 Å². The van der Waals surface area contributed by atoms with Crippen molar-refractivity contribution < 1.29 is 49.1 Å². The first-order valence-corrected chi connectivity index (χ1v) is 10.5. The van der Waals surface area contributed by atoms with Gasteiger partial charge in [-0.1, -0.05) is 36.4 Å². The van der Waals surface area contributed by atoms with E-state index in [-0.39, 0.29) is 76.0 Å². The molecule has 0 aliphatic carbocycles. The first-order chi connectivity index (χ1) is 16.3. The molecule has 0 saturated carbocycles. The van der Waals surface area contributed by atoms with Crippen LogP contribution in [0.4, 0.5) is 0 Å². The van der Waals surface area contributed by atoms with E-state index in [9.17, 15) is 29.4 Å². The summed E-state index contributed by atoms with van der Waals surface area (Å²) in [4.78, 5) is 44.6. The van der Waals surface area contributed by atoms with Gasteiger partial charge in [0.2, 0.25) is 0 Å². The van der Waals surface area contributed by atoms with Gasteiger partial charge in [-0.05, 0) is 37.8 Å². The van der Waals surface area contributed by atoms with Crippen molar-refractivity contribution in [3.8, 4) is 0 Å². The van der Waals surface area contributed by atoms with Crippen molar-refractivity contribution in [1.82, 2.24) is 0 Å². The molecule has 0 atom stereocenters. The minimum Gasteiger partial charge on any atom is -0.545 e. The van der Waals surface area contributed by atoms with Crippen LogP contribution in [0.3, 0.4) is 0 Å². The Morgan fingerprint density at radius 2 is 0.914 bits per heavy atom. The van der Waals surface area contributed by atoms with Gasteiger partial charge in [-0.2, -0.15) is 0 Å². The Morgan fingerprint density at radius 3 is 1.20 bits per heavy atom. The number of carboxylic acid groups (broad SMARTS) is 2. The molecular formula is C24H26O10Pb. The van der Waals surface area contributed by atoms with Crippen LogP contribution in [0.5, 0.6) is 0 Å². The third-order valence-corrected chi connectivity index (χ3v) is 4.30. The summed E-state index contributed by atoms with van der Waals surface area (Å²) in [7, 11) is 0. The number of carboxylic acids is 2. The average Bonchev–Trinajstić information content (AvgIpc) is 2.84. The molecule has 35 heavy (non-hydrogen) atoms. The van der Waals surface area contributed by atoms with Crippen molar-refractivity contribution in [2.75, 3.05) is 26.4 Å². The van der Waals surface area contributed by atoms with Gasteiger partial charge in [0.15, 0.2) is 0 Å². The van der Waals surface area contributed by atoms with Crippen molar-refractivity contribution in [2.45, 2.75) is 25.7 Å². The normalized spacial score (nSPS) is 9.66. The monoisotopic (exact) mass is 682 g/mol. The molecule has 0 bridgehead atoms. The number of aliphatic hydroxyl groups is 2. The van der Waals surface area contributed by atoms with Gasteiger partial charge in [0.05, 0.1) is 36.3 Å². The molecule has 0 aromatic heterocycles. The number of hydrogen-bond acceptors (Lipinski definition) is 10. The Hall–Kier alpha value is -2.84. The van der Waals surface area contributed by atoms with E-state index < -0.39 is 23.9 Å². The van der Waals surface area contributed by atoms with Gasteiger partial charge in [-0.3, -0.25) is 0 Å². The Kier molecular flexibility index (Phi) is 17.0. The van der Waals surface area contributed by atoms with Crippen LogP contribution in [-0.2, 0) is 9.47 Å². The molecule has 2 rings (SSSR count). The van der Waals surface area contributed by atoms with E-state index in [1.807, 2.05) is 0 Å². The Labute approximate surface area is 222 Å². The number of aromatic carboxylic acids is 2. The Balaban J connectivity index is 0.000000642. The van der Waals surface area contributed by atoms with Gasteiger partial charge in [0, 0.05) is 24.3 Å². The molecule has 0 aliphatic heterocycles. The first-order valence-electron chi connectivity index (χ1n) is 10.5. The molecule has 186 valence electrons. The molecule has 2 aromatic carbocycles. The molecular weight excluding hydrogens is 655 g/mol. The summed E-state index contributed by atoms with van der Waals surface area (Å²) in [5.74, 6) is -4.20. The number of carbonyl (C=O) groups is 4. The first kappa shape index (κ1) is 32.2. The predicted molar refractivity (Wildman–Crippen MR) is 121 cm³/mol. The summed E-state index contributed by atoms with van der Waals surface area (Å²) in [6.45, 7) is 0.377. The summed E-state index contributed by atoms with van der Waals surface area (Å²) >= 11 is 0. The van der Waals surface area contributed by atoms with E-state index in [0.717, 1.165) is 0 Å². The summed E-state index contributed by atoms with van der Waals surface area (Å²) in [6.07, 6.45) is 2.15. The molecule has 2 aromatic rings. The van der Waals surface area contributed by atoms with Gasteiger partial charge in [0.1, 0.15) is 0 Å². The zero-order chi connectivity index (χ0) is 25.3. The van der Waals surface area contributed by atoms with Crippen LogP contribution in [0.2, 0.25) is 0 Å². The average molecular weight is 682 g/mol. The molecule has 10 nitrogen and oxygen atoms in total. The maximum absolute atomic E-state index is 11.6. The fourth-order valence-electron chi connectivity index (χ4n) is 2.59. The SMILES string of the molecule is O=C([O-])c1ccccc1C(=O)OCCCCO.O=C([O-])c1ccccc1C(=O)OCCCCO.[Pb+2]. The molecule has 0 heterocycles. The largest absolute Gasteiger partial charge is 2.00 e. The Morgan fingerprint density at radius 1 is 0.600 bits per heavy atom. The second-order valence-electron chi connectivity index (χ2n) is 6.80. The van der Waals surface area contributed by atoms with Crippen LogP contribution in [0.25, 0.3) is 0 Å². The molecule has 0 fully saturated rings. The molecule has 2 radical (unpaired) electrons. The van der Waals surface area contributed by atoms with E-state index in [0.29, 0.717) is 25.7 Å². The fraction of sp³-hybridized carbons (Fsp3) is 0.333. The second-order valence-corrected chi connectivity index (χ2v) is 6.80. The van der Waals surface area contributed by atoms with Crippen molar-refractivity contribution in [2.24, 2.45) is 0 Å². The molecule has 0 saturated heterocycles. The number of benzene rings is 2. The van der Waals surface area contributed by atoms with Crippen LogP contribution in [-0.4, -0.2) is 87.8 Å². The van der Waals surface area contributed by atoms with Gasteiger partial charge >= 0.3 is 39.2 Å². The number of hydrogen-bond donors (Lipinski definition) is 2. The minimum atomic E-state index is -1.41. The number of rotatable bonds is 12. The summed E-state index contributed by atoms with van der Waals surface area (Å²) < 4.78 is 9.76. The smallest absolute Gasteiger partial charge is 0.545 e. The number of unbranched alkanes of at least 4 members (excludes halogenated alkanes) is 2. The zero-order valence-corrected chi connectivity index (χ0v) is 22.8. The van der Waals surface area contributed by atoms with Gasteiger partial charge in [-0.15, -0.1) is 0 Å². The van der Waals surface area contributed by atoms with Gasteiger partial charge < -0.3 is 39.5 Å². The van der Waals surface area contributed by atoms with E-state index in [1.165, 1.54) is 36.4 Å². The van der Waals surface area contributed by atoms with E-state index in [4.69, 9.17) is 19.7 Å². The van der Waals surface area contributed by atoms with Gasteiger partial charge in [-0.25, -0.2) is 9.59 Å². The summed E-state index contributed by atoms with van der Waals surface area (Å²) in [5.41, 5.74) is -0.396. The maximum atomic E-state index is 11.6. The third kappa shape index (κ3) is 11.9. The number of aliphatic hydroxyl groups excluding tert-OH is 2. The predicted octanol–water partition coefficient (Wildman–Crippen LogP) is -0.422. The standard InChI is InChI=1S/2C12H14O5.Pb/c2*13-7-3-4-8-17-12(16)10-6-2-1-5-9(10)11(14)15;/h2*1-2,5-6,13H,3-4,7-8H2,(H,14,15);/q;;+2/p-2. The topological polar surface area (TPSA) is 173 Å². The molecule has 2 N–H and O–H groups in total. The maximum Gasteiger partial charge on any atom is 2.00 e. The van der Waals surface area contributed by atoms with E-state index in [1.54, 1.807) is 12.1 Å². The number of ether oxygens (including phenoxy) is 2. The molecule has 0 aliphatic rings. The number of carbonyl (C=O) groups excluding carboxylic acids is 4. The quantitative estimate of drug-likeness (QED) is 0.170. The zero-order valence-electron chi connectivity index (χ0n) is 18.9. The van der Waals surface area contributed by atoms with Crippen LogP contribution >= 0.6 is 0 Å². The second kappa shape index (κ2) is 18.5. The number of esters is 2. The summed E-state index contributed by atoms with van der Waals surface area (Å²) in [6, 6.07) is 11.5. The van der Waals surface area contributed by atoms with Crippen LogP contribution in [0, 0.1) is 0 Å².